The van der Waals surface area contributed by atoms with E-state index in [1.807, 2.05) is 18.2 Å². The number of carbonyl (C=O) groups is 1. The maximum absolute atomic E-state index is 11.9. The molecule has 132 valence electrons. The summed E-state index contributed by atoms with van der Waals surface area (Å²) in [5.74, 6) is 0.321. The second-order valence-corrected chi connectivity index (χ2v) is 6.87. The van der Waals surface area contributed by atoms with Crippen molar-refractivity contribution in [2.75, 3.05) is 12.3 Å². The first-order valence-electron chi connectivity index (χ1n) is 8.75. The second kappa shape index (κ2) is 8.29. The molecule has 1 aromatic carbocycles. The van der Waals surface area contributed by atoms with E-state index in [1.54, 1.807) is 0 Å². The highest BCUT2D eigenvalue weighted by Gasteiger charge is 2.14. The molecule has 3 aromatic rings. The van der Waals surface area contributed by atoms with Crippen LogP contribution in [0.25, 0.3) is 22.1 Å². The number of hydrogen-bond acceptors (Lipinski definition) is 5. The van der Waals surface area contributed by atoms with Crippen LogP contribution < -0.4 is 5.32 Å². The number of rotatable bonds is 8. The molecule has 1 N–H and O–H groups in total. The maximum atomic E-state index is 11.9. The minimum Gasteiger partial charge on any atom is -0.355 e. The molecule has 0 fully saturated rings. The molecular weight excluding hydrogens is 334 g/mol. The molecule has 0 bridgehead atoms. The summed E-state index contributed by atoms with van der Waals surface area (Å²) >= 11 is 1.33. The van der Waals surface area contributed by atoms with Gasteiger partial charge < -0.3 is 9.88 Å². The number of unbranched alkanes of at least 4 members (excludes halogenated alkanes) is 1. The predicted molar refractivity (Wildman–Crippen MR) is 102 cm³/mol. The lowest BCUT2D eigenvalue weighted by molar-refractivity contribution is -0.118. The van der Waals surface area contributed by atoms with E-state index in [9.17, 15) is 4.79 Å². The SMILES string of the molecule is CCCCNC(=O)CSc1nnc2c3ccccc3n(CCC)c2n1. The Morgan fingerprint density at radius 1 is 1.20 bits per heavy atom. The van der Waals surface area contributed by atoms with Gasteiger partial charge in [0.05, 0.1) is 11.3 Å². The number of benzene rings is 1. The molecule has 6 nitrogen and oxygen atoms in total. The number of hydrogen-bond donors (Lipinski definition) is 1. The third-order valence-corrected chi connectivity index (χ3v) is 4.82. The topological polar surface area (TPSA) is 72.7 Å². The van der Waals surface area contributed by atoms with Gasteiger partial charge in [-0.15, -0.1) is 10.2 Å². The molecule has 7 heteroatoms. The van der Waals surface area contributed by atoms with Crippen molar-refractivity contribution in [1.82, 2.24) is 25.1 Å². The van der Waals surface area contributed by atoms with E-state index >= 15 is 0 Å². The quantitative estimate of drug-likeness (QED) is 0.494. The molecule has 2 heterocycles. The van der Waals surface area contributed by atoms with Gasteiger partial charge in [-0.05, 0) is 18.9 Å². The molecule has 0 radical (unpaired) electrons. The van der Waals surface area contributed by atoms with Crippen molar-refractivity contribution in [1.29, 1.82) is 0 Å². The van der Waals surface area contributed by atoms with Gasteiger partial charge in [-0.2, -0.15) is 0 Å². The van der Waals surface area contributed by atoms with Gasteiger partial charge >= 0.3 is 0 Å². The molecule has 1 amide bonds. The second-order valence-electron chi connectivity index (χ2n) is 5.93. The Bertz CT molecular complexity index is 876. The average Bonchev–Trinajstić information content (AvgIpc) is 2.94. The van der Waals surface area contributed by atoms with Crippen LogP contribution in [0.2, 0.25) is 0 Å². The van der Waals surface area contributed by atoms with Gasteiger partial charge in [0.25, 0.3) is 0 Å². The molecule has 0 unspecified atom stereocenters. The molecule has 0 saturated heterocycles. The van der Waals surface area contributed by atoms with E-state index in [2.05, 4.69) is 45.0 Å². The normalized spacial score (nSPS) is 11.3. The lowest BCUT2D eigenvalue weighted by Crippen LogP contribution is -2.26. The van der Waals surface area contributed by atoms with Crippen LogP contribution >= 0.6 is 11.8 Å². The molecule has 2 aromatic heterocycles. The van der Waals surface area contributed by atoms with Crippen molar-refractivity contribution in [2.24, 2.45) is 0 Å². The summed E-state index contributed by atoms with van der Waals surface area (Å²) in [4.78, 5) is 16.5. The van der Waals surface area contributed by atoms with Crippen LogP contribution in [0.5, 0.6) is 0 Å². The molecule has 25 heavy (non-hydrogen) atoms. The zero-order valence-electron chi connectivity index (χ0n) is 14.7. The minimum absolute atomic E-state index is 0.0104. The van der Waals surface area contributed by atoms with Crippen LogP contribution in [0.1, 0.15) is 33.1 Å². The van der Waals surface area contributed by atoms with Crippen molar-refractivity contribution in [3.8, 4) is 0 Å². The smallest absolute Gasteiger partial charge is 0.230 e. The zero-order chi connectivity index (χ0) is 17.6. The van der Waals surface area contributed by atoms with Crippen LogP contribution in [0.4, 0.5) is 0 Å². The Morgan fingerprint density at radius 3 is 2.84 bits per heavy atom. The summed E-state index contributed by atoms with van der Waals surface area (Å²) in [5, 5.41) is 13.1. The average molecular weight is 357 g/mol. The van der Waals surface area contributed by atoms with E-state index in [0.717, 1.165) is 54.4 Å². The Labute approximate surface area is 151 Å². The monoisotopic (exact) mass is 357 g/mol. The van der Waals surface area contributed by atoms with Crippen LogP contribution in [-0.2, 0) is 11.3 Å². The van der Waals surface area contributed by atoms with Gasteiger partial charge in [0.15, 0.2) is 5.65 Å². The fourth-order valence-electron chi connectivity index (χ4n) is 2.79. The highest BCUT2D eigenvalue weighted by Crippen LogP contribution is 2.27. The fourth-order valence-corrected chi connectivity index (χ4v) is 3.40. The highest BCUT2D eigenvalue weighted by atomic mass is 32.2. The fraction of sp³-hybridized carbons (Fsp3) is 0.444. The molecule has 0 aliphatic rings. The molecule has 0 aliphatic heterocycles. The molecular formula is C18H23N5OS. The van der Waals surface area contributed by atoms with Gasteiger partial charge in [0.1, 0.15) is 5.52 Å². The molecule has 0 aliphatic carbocycles. The number of carbonyl (C=O) groups excluding carboxylic acids is 1. The third-order valence-electron chi connectivity index (χ3n) is 3.99. The van der Waals surface area contributed by atoms with Gasteiger partial charge in [-0.3, -0.25) is 4.79 Å². The van der Waals surface area contributed by atoms with Crippen molar-refractivity contribution < 1.29 is 4.79 Å². The summed E-state index contributed by atoms with van der Waals surface area (Å²) in [7, 11) is 0. The van der Waals surface area contributed by atoms with Gasteiger partial charge in [0.2, 0.25) is 11.1 Å². The van der Waals surface area contributed by atoms with E-state index in [4.69, 9.17) is 0 Å². The predicted octanol–water partition coefficient (Wildman–Crippen LogP) is 3.40. The maximum Gasteiger partial charge on any atom is 0.230 e. The number of fused-ring (bicyclic) bond motifs is 3. The number of thioether (sulfide) groups is 1. The standard InChI is InChI=1S/C18H23N5OS/c1-3-5-10-19-15(24)12-25-18-20-17-16(21-22-18)13-8-6-7-9-14(13)23(17)11-4-2/h6-9H,3-5,10-12H2,1-2H3,(H,19,24). The van der Waals surface area contributed by atoms with Gasteiger partial charge in [-0.1, -0.05) is 50.2 Å². The number of aryl methyl sites for hydroxylation is 1. The first-order chi connectivity index (χ1) is 12.2. The highest BCUT2D eigenvalue weighted by molar-refractivity contribution is 7.99. The number of para-hydroxylation sites is 1. The van der Waals surface area contributed by atoms with E-state index in [-0.39, 0.29) is 5.91 Å². The number of nitrogens with one attached hydrogen (secondary N) is 1. The van der Waals surface area contributed by atoms with E-state index < -0.39 is 0 Å². The molecule has 0 saturated carbocycles. The van der Waals surface area contributed by atoms with Crippen molar-refractivity contribution in [2.45, 2.75) is 44.8 Å². The minimum atomic E-state index is 0.0104. The first-order valence-corrected chi connectivity index (χ1v) is 9.74. The lowest BCUT2D eigenvalue weighted by Gasteiger charge is -2.05. The summed E-state index contributed by atoms with van der Waals surface area (Å²) in [6.45, 7) is 5.85. The third kappa shape index (κ3) is 3.92. The van der Waals surface area contributed by atoms with Gasteiger partial charge in [-0.25, -0.2) is 4.98 Å². The largest absolute Gasteiger partial charge is 0.355 e. The van der Waals surface area contributed by atoms with Crippen LogP contribution in [0, 0.1) is 0 Å². The van der Waals surface area contributed by atoms with Crippen LogP contribution in [0.15, 0.2) is 29.4 Å². The molecule has 3 rings (SSSR count). The zero-order valence-corrected chi connectivity index (χ0v) is 15.5. The Hall–Kier alpha value is -2.15. The Balaban J connectivity index is 1.83. The van der Waals surface area contributed by atoms with Crippen LogP contribution in [0.3, 0.4) is 0 Å². The van der Waals surface area contributed by atoms with E-state index in [1.165, 1.54) is 11.8 Å². The Morgan fingerprint density at radius 2 is 2.04 bits per heavy atom. The Kier molecular flexibility index (Phi) is 5.86. The summed E-state index contributed by atoms with van der Waals surface area (Å²) in [6, 6.07) is 8.16. The van der Waals surface area contributed by atoms with Crippen molar-refractivity contribution in [3.63, 3.8) is 0 Å². The number of nitrogens with zero attached hydrogens (tertiary/aromatic N) is 4. The van der Waals surface area contributed by atoms with Gasteiger partial charge in [0, 0.05) is 18.5 Å². The van der Waals surface area contributed by atoms with E-state index in [0.29, 0.717) is 10.9 Å². The molecule has 0 atom stereocenters. The number of amides is 1. The first kappa shape index (κ1) is 17.7. The van der Waals surface area contributed by atoms with Crippen LogP contribution in [-0.4, -0.2) is 38.0 Å². The summed E-state index contributed by atoms with van der Waals surface area (Å²) in [6.07, 6.45) is 3.08. The van der Waals surface area contributed by atoms with Crippen molar-refractivity contribution >= 4 is 39.7 Å². The number of aromatic nitrogens is 4. The van der Waals surface area contributed by atoms with Crippen molar-refractivity contribution in [3.05, 3.63) is 24.3 Å². The molecule has 0 spiro atoms. The summed E-state index contributed by atoms with van der Waals surface area (Å²) < 4.78 is 2.19. The summed E-state index contributed by atoms with van der Waals surface area (Å²) in [5.41, 5.74) is 2.79. The lowest BCUT2D eigenvalue weighted by atomic mass is 10.2.